The van der Waals surface area contributed by atoms with Gasteiger partial charge in [0.25, 0.3) is 5.91 Å². The molecule has 8 heteroatoms. The highest BCUT2D eigenvalue weighted by Gasteiger charge is 2.29. The lowest BCUT2D eigenvalue weighted by Gasteiger charge is -2.35. The normalized spacial score (nSPS) is 22.3. The number of fused-ring (bicyclic) bond motifs is 1. The third kappa shape index (κ3) is 4.82. The molecule has 150 valence electrons. The highest BCUT2D eigenvalue weighted by molar-refractivity contribution is 5.99. The summed E-state index contributed by atoms with van der Waals surface area (Å²) in [5, 5.41) is 16.4. The first-order chi connectivity index (χ1) is 13.1. The van der Waals surface area contributed by atoms with E-state index >= 15 is 0 Å². The van der Waals surface area contributed by atoms with Crippen LogP contribution in [0.2, 0.25) is 0 Å². The number of hydrogen-bond donors (Lipinski definition) is 3. The molecule has 2 aliphatic rings. The molecule has 8 nitrogen and oxygen atoms in total. The van der Waals surface area contributed by atoms with Crippen LogP contribution in [0.15, 0.2) is 12.1 Å². The average molecular weight is 379 g/mol. The van der Waals surface area contributed by atoms with Gasteiger partial charge < -0.3 is 30.0 Å². The quantitative estimate of drug-likeness (QED) is 0.637. The van der Waals surface area contributed by atoms with E-state index in [9.17, 15) is 9.90 Å². The molecule has 0 saturated carbocycles. The van der Waals surface area contributed by atoms with Gasteiger partial charge in [-0.3, -0.25) is 9.69 Å². The zero-order chi connectivity index (χ0) is 19.2. The molecule has 2 atom stereocenters. The number of carbonyl (C=O) groups is 1. The molecule has 0 bridgehead atoms. The molecule has 1 fully saturated rings. The van der Waals surface area contributed by atoms with Crippen LogP contribution in [-0.2, 0) is 4.74 Å². The van der Waals surface area contributed by atoms with Crippen molar-refractivity contribution in [1.82, 2.24) is 10.2 Å². The predicted octanol–water partition coefficient (Wildman–Crippen LogP) is 0.559. The lowest BCUT2D eigenvalue weighted by atomic mass is 9.93. The fraction of sp³-hybridized carbons (Fsp3) is 0.632. The van der Waals surface area contributed by atoms with Crippen LogP contribution in [0.25, 0.3) is 0 Å². The van der Waals surface area contributed by atoms with Crippen molar-refractivity contribution in [1.29, 1.82) is 0 Å². The molecule has 1 amide bonds. The molecule has 1 aromatic carbocycles. The van der Waals surface area contributed by atoms with E-state index in [1.54, 1.807) is 20.2 Å². The number of β-amino-alcohol motifs (C(OH)–C–C–N with tert-alkyl or cyclic N) is 1. The highest BCUT2D eigenvalue weighted by Crippen LogP contribution is 2.37. The fourth-order valence-corrected chi connectivity index (χ4v) is 3.49. The van der Waals surface area contributed by atoms with Gasteiger partial charge in [-0.05, 0) is 19.0 Å². The van der Waals surface area contributed by atoms with Gasteiger partial charge in [0.15, 0.2) is 11.5 Å². The molecule has 1 aromatic rings. The summed E-state index contributed by atoms with van der Waals surface area (Å²) < 4.78 is 16.4. The second-order valence-electron chi connectivity index (χ2n) is 6.92. The third-order valence-corrected chi connectivity index (χ3v) is 5.12. The number of aliphatic hydroxyl groups excluding tert-OH is 1. The van der Waals surface area contributed by atoms with Crippen molar-refractivity contribution in [2.24, 2.45) is 5.92 Å². The zero-order valence-corrected chi connectivity index (χ0v) is 16.0. The summed E-state index contributed by atoms with van der Waals surface area (Å²) in [5.41, 5.74) is 1.24. The smallest absolute Gasteiger partial charge is 0.255 e. The molecule has 0 radical (unpaired) electrons. The Morgan fingerprint density at radius 2 is 2.19 bits per heavy atom. The lowest BCUT2D eigenvalue weighted by molar-refractivity contribution is 0.0132. The molecule has 27 heavy (non-hydrogen) atoms. The Hall–Kier alpha value is -2.03. The molecule has 0 aliphatic carbocycles. The standard InChI is InChI=1S/C19H29N3O5/c1-20-14-9-15(18-17(10-14)26-7-8-27-18)19(24)21-11-13-3-4-22(5-6-25-2)12-16(13)23/h9-10,13,16,20,23H,3-8,11-12H2,1-2H3,(H,21,24)/t13-,16+/m0/s1. The number of benzene rings is 1. The van der Waals surface area contributed by atoms with Gasteiger partial charge in [-0.25, -0.2) is 0 Å². The molecule has 2 heterocycles. The first-order valence-corrected chi connectivity index (χ1v) is 9.41. The van der Waals surface area contributed by atoms with Crippen molar-refractivity contribution in [2.75, 3.05) is 65.5 Å². The van der Waals surface area contributed by atoms with E-state index in [4.69, 9.17) is 14.2 Å². The summed E-state index contributed by atoms with van der Waals surface area (Å²) in [6.07, 6.45) is 0.368. The van der Waals surface area contributed by atoms with Crippen LogP contribution in [-0.4, -0.2) is 82.2 Å². The van der Waals surface area contributed by atoms with Crippen LogP contribution < -0.4 is 20.1 Å². The molecule has 0 spiro atoms. The van der Waals surface area contributed by atoms with Gasteiger partial charge in [0.1, 0.15) is 13.2 Å². The summed E-state index contributed by atoms with van der Waals surface area (Å²) in [7, 11) is 3.47. The van der Waals surface area contributed by atoms with Crippen molar-refractivity contribution in [3.63, 3.8) is 0 Å². The maximum Gasteiger partial charge on any atom is 0.255 e. The Labute approximate surface area is 159 Å². The zero-order valence-electron chi connectivity index (χ0n) is 16.0. The van der Waals surface area contributed by atoms with Crippen LogP contribution in [0.4, 0.5) is 5.69 Å². The Balaban J connectivity index is 1.60. The largest absolute Gasteiger partial charge is 0.486 e. The van der Waals surface area contributed by atoms with E-state index in [2.05, 4.69) is 15.5 Å². The molecule has 1 saturated heterocycles. The molecule has 2 aliphatic heterocycles. The number of piperidine rings is 1. The average Bonchev–Trinajstić information content (AvgIpc) is 2.70. The van der Waals surface area contributed by atoms with Gasteiger partial charge in [-0.2, -0.15) is 0 Å². The van der Waals surface area contributed by atoms with Gasteiger partial charge in [0.05, 0.1) is 18.3 Å². The number of hydrogen-bond acceptors (Lipinski definition) is 7. The first-order valence-electron chi connectivity index (χ1n) is 9.41. The summed E-state index contributed by atoms with van der Waals surface area (Å²) in [4.78, 5) is 14.9. The maximum atomic E-state index is 12.8. The molecule has 3 rings (SSSR count). The molecular weight excluding hydrogens is 350 g/mol. The van der Waals surface area contributed by atoms with E-state index in [0.717, 1.165) is 25.2 Å². The van der Waals surface area contributed by atoms with Gasteiger partial charge in [0.2, 0.25) is 0 Å². The number of amides is 1. The number of ether oxygens (including phenoxy) is 3. The highest BCUT2D eigenvalue weighted by atomic mass is 16.6. The predicted molar refractivity (Wildman–Crippen MR) is 102 cm³/mol. The number of rotatable bonds is 7. The number of nitrogens with one attached hydrogen (secondary N) is 2. The van der Waals surface area contributed by atoms with Crippen LogP contribution in [0.1, 0.15) is 16.8 Å². The van der Waals surface area contributed by atoms with E-state index < -0.39 is 6.10 Å². The van der Waals surface area contributed by atoms with Gasteiger partial charge >= 0.3 is 0 Å². The number of aliphatic hydroxyl groups is 1. The molecular formula is C19H29N3O5. The fourth-order valence-electron chi connectivity index (χ4n) is 3.49. The van der Waals surface area contributed by atoms with Crippen LogP contribution in [0.3, 0.4) is 0 Å². The minimum atomic E-state index is -0.465. The maximum absolute atomic E-state index is 12.8. The molecule has 0 unspecified atom stereocenters. The summed E-state index contributed by atoms with van der Waals surface area (Å²) >= 11 is 0. The van der Waals surface area contributed by atoms with Crippen LogP contribution >= 0.6 is 0 Å². The SMILES string of the molecule is CNc1cc2c(c(C(=O)NC[C@@H]3CCN(CCOC)C[C@H]3O)c1)OCCO2. The lowest BCUT2D eigenvalue weighted by Crippen LogP contribution is -2.48. The Bertz CT molecular complexity index is 654. The van der Waals surface area contributed by atoms with E-state index in [1.807, 2.05) is 6.07 Å². The van der Waals surface area contributed by atoms with Crippen molar-refractivity contribution >= 4 is 11.6 Å². The Kier molecular flexibility index (Phi) is 6.76. The van der Waals surface area contributed by atoms with Crippen molar-refractivity contribution in [2.45, 2.75) is 12.5 Å². The minimum Gasteiger partial charge on any atom is -0.486 e. The van der Waals surface area contributed by atoms with Crippen LogP contribution in [0.5, 0.6) is 11.5 Å². The number of nitrogens with zero attached hydrogens (tertiary/aromatic N) is 1. The number of anilines is 1. The second kappa shape index (κ2) is 9.25. The summed E-state index contributed by atoms with van der Waals surface area (Å²) in [6, 6.07) is 3.58. The monoisotopic (exact) mass is 379 g/mol. The van der Waals surface area contributed by atoms with Crippen molar-refractivity contribution < 1.29 is 24.1 Å². The molecule has 3 N–H and O–H groups in total. The Morgan fingerprint density at radius 1 is 1.37 bits per heavy atom. The van der Waals surface area contributed by atoms with Gasteiger partial charge in [-0.15, -0.1) is 0 Å². The summed E-state index contributed by atoms with van der Waals surface area (Å²) in [6.45, 7) is 4.28. The first kappa shape index (κ1) is 19.7. The van der Waals surface area contributed by atoms with Gasteiger partial charge in [0, 0.05) is 51.5 Å². The van der Waals surface area contributed by atoms with E-state index in [1.165, 1.54) is 0 Å². The van der Waals surface area contributed by atoms with E-state index in [-0.39, 0.29) is 11.8 Å². The second-order valence-corrected chi connectivity index (χ2v) is 6.92. The Morgan fingerprint density at radius 3 is 2.93 bits per heavy atom. The topological polar surface area (TPSA) is 92.3 Å². The van der Waals surface area contributed by atoms with Crippen molar-refractivity contribution in [3.8, 4) is 11.5 Å². The summed E-state index contributed by atoms with van der Waals surface area (Å²) in [5.74, 6) is 0.869. The third-order valence-electron chi connectivity index (χ3n) is 5.12. The minimum absolute atomic E-state index is 0.0354. The number of likely N-dealkylation sites (tertiary alicyclic amines) is 1. The van der Waals surface area contributed by atoms with E-state index in [0.29, 0.717) is 50.0 Å². The number of methoxy groups -OCH3 is 1. The van der Waals surface area contributed by atoms with Crippen molar-refractivity contribution in [3.05, 3.63) is 17.7 Å². The number of carbonyl (C=O) groups excluding carboxylic acids is 1. The van der Waals surface area contributed by atoms with Crippen LogP contribution in [0, 0.1) is 5.92 Å². The van der Waals surface area contributed by atoms with Gasteiger partial charge in [-0.1, -0.05) is 0 Å². The molecule has 0 aromatic heterocycles.